The molecule has 0 saturated carbocycles. The largest absolute Gasteiger partial charge is 0.381 e. The van der Waals surface area contributed by atoms with Gasteiger partial charge in [-0.05, 0) is 42.2 Å². The fourth-order valence-corrected chi connectivity index (χ4v) is 4.34. The van der Waals surface area contributed by atoms with Crippen molar-refractivity contribution >= 4 is 47.6 Å². The van der Waals surface area contributed by atoms with Crippen LogP contribution in [0.2, 0.25) is 10.0 Å². The van der Waals surface area contributed by atoms with E-state index in [2.05, 4.69) is 12.6 Å². The van der Waals surface area contributed by atoms with Gasteiger partial charge in [0, 0.05) is 28.9 Å². The molecule has 18 heavy (non-hydrogen) atoms. The maximum atomic E-state index is 6.18. The van der Waals surface area contributed by atoms with Gasteiger partial charge in [-0.15, -0.1) is 11.8 Å². The van der Waals surface area contributed by atoms with Gasteiger partial charge in [0.15, 0.2) is 0 Å². The molecule has 0 atom stereocenters. The molecule has 0 spiro atoms. The summed E-state index contributed by atoms with van der Waals surface area (Å²) in [6.07, 6.45) is 2.14. The van der Waals surface area contributed by atoms with E-state index in [1.54, 1.807) is 11.8 Å². The van der Waals surface area contributed by atoms with Crippen LogP contribution in [0.15, 0.2) is 23.1 Å². The Morgan fingerprint density at radius 2 is 2.00 bits per heavy atom. The summed E-state index contributed by atoms with van der Waals surface area (Å²) in [6.45, 7) is 1.68. The number of thioether (sulfide) groups is 1. The second-order valence-electron chi connectivity index (χ2n) is 4.63. The quantitative estimate of drug-likeness (QED) is 0.629. The molecule has 1 aliphatic rings. The molecule has 1 saturated heterocycles. The predicted molar refractivity (Wildman–Crippen MR) is 83.5 cm³/mol. The second kappa shape index (κ2) is 6.76. The number of ether oxygens (including phenoxy) is 1. The van der Waals surface area contributed by atoms with Crippen LogP contribution in [-0.4, -0.2) is 24.7 Å². The Balaban J connectivity index is 2.03. The third-order valence-electron chi connectivity index (χ3n) is 3.32. The van der Waals surface area contributed by atoms with Gasteiger partial charge in [0.25, 0.3) is 0 Å². The fraction of sp³-hybridized carbons (Fsp3) is 0.538. The summed E-state index contributed by atoms with van der Waals surface area (Å²) >= 11 is 18.5. The SMILES string of the molecule is SCC1(CSc2cc(Cl)ccc2Cl)CCOCC1. The molecule has 1 nitrogen and oxygen atoms in total. The Bertz CT molecular complexity index is 406. The van der Waals surface area contributed by atoms with Crippen LogP contribution in [0.25, 0.3) is 0 Å². The lowest BCUT2D eigenvalue weighted by Gasteiger charge is -2.35. The minimum atomic E-state index is 0.262. The number of halogens is 2. The van der Waals surface area contributed by atoms with Crippen LogP contribution < -0.4 is 0 Å². The van der Waals surface area contributed by atoms with Gasteiger partial charge in [0.1, 0.15) is 0 Å². The van der Waals surface area contributed by atoms with Gasteiger partial charge in [0.05, 0.1) is 5.02 Å². The average Bonchev–Trinajstić information content (AvgIpc) is 2.41. The summed E-state index contributed by atoms with van der Waals surface area (Å²) in [6, 6.07) is 5.60. The molecule has 0 N–H and O–H groups in total. The Morgan fingerprint density at radius 3 is 2.67 bits per heavy atom. The molecule has 0 radical (unpaired) electrons. The monoisotopic (exact) mass is 322 g/mol. The zero-order valence-electron chi connectivity index (χ0n) is 9.99. The van der Waals surface area contributed by atoms with Crippen LogP contribution in [0.4, 0.5) is 0 Å². The molecule has 100 valence electrons. The molecule has 0 aliphatic carbocycles. The minimum Gasteiger partial charge on any atom is -0.381 e. The van der Waals surface area contributed by atoms with E-state index < -0.39 is 0 Å². The average molecular weight is 323 g/mol. The van der Waals surface area contributed by atoms with Crippen molar-refractivity contribution < 1.29 is 4.74 Å². The highest BCUT2D eigenvalue weighted by molar-refractivity contribution is 7.99. The normalized spacial score (nSPS) is 18.8. The molecule has 5 heteroatoms. The van der Waals surface area contributed by atoms with Crippen molar-refractivity contribution in [2.75, 3.05) is 24.7 Å². The predicted octanol–water partition coefficient (Wildman–Crippen LogP) is 4.81. The lowest BCUT2D eigenvalue weighted by Crippen LogP contribution is -2.33. The van der Waals surface area contributed by atoms with Crippen molar-refractivity contribution in [1.82, 2.24) is 0 Å². The smallest absolute Gasteiger partial charge is 0.0542 e. The van der Waals surface area contributed by atoms with Gasteiger partial charge >= 0.3 is 0 Å². The summed E-state index contributed by atoms with van der Waals surface area (Å²) in [5, 5.41) is 1.50. The van der Waals surface area contributed by atoms with Gasteiger partial charge in [-0.25, -0.2) is 0 Å². The molecule has 1 aromatic rings. The van der Waals surface area contributed by atoms with Crippen LogP contribution >= 0.6 is 47.6 Å². The summed E-state index contributed by atoms with van der Waals surface area (Å²) < 4.78 is 5.43. The van der Waals surface area contributed by atoms with Crippen molar-refractivity contribution in [2.24, 2.45) is 5.41 Å². The Kier molecular flexibility index (Phi) is 5.58. The minimum absolute atomic E-state index is 0.262. The number of hydrogen-bond donors (Lipinski definition) is 1. The molecular weight excluding hydrogens is 307 g/mol. The van der Waals surface area contributed by atoms with Crippen LogP contribution in [0.1, 0.15) is 12.8 Å². The summed E-state index contributed by atoms with van der Waals surface area (Å²) in [7, 11) is 0. The lowest BCUT2D eigenvalue weighted by molar-refractivity contribution is 0.0371. The standard InChI is InChI=1S/C13H16Cl2OS2/c14-10-1-2-11(15)12(7-10)18-9-13(8-17)3-5-16-6-4-13/h1-2,7,17H,3-6,8-9H2. The Labute approximate surface area is 128 Å². The van der Waals surface area contributed by atoms with E-state index in [9.17, 15) is 0 Å². The van der Waals surface area contributed by atoms with E-state index in [0.29, 0.717) is 0 Å². The highest BCUT2D eigenvalue weighted by Gasteiger charge is 2.31. The molecular formula is C13H16Cl2OS2. The first-order valence-electron chi connectivity index (χ1n) is 5.92. The number of thiol groups is 1. The van der Waals surface area contributed by atoms with Crippen LogP contribution in [0.5, 0.6) is 0 Å². The lowest BCUT2D eigenvalue weighted by atomic mass is 9.84. The molecule has 1 heterocycles. The molecule has 0 aromatic heterocycles. The number of hydrogen-bond acceptors (Lipinski definition) is 3. The topological polar surface area (TPSA) is 9.23 Å². The molecule has 1 aliphatic heterocycles. The third-order valence-corrected chi connectivity index (χ3v) is 6.07. The highest BCUT2D eigenvalue weighted by atomic mass is 35.5. The van der Waals surface area contributed by atoms with Crippen molar-refractivity contribution in [3.63, 3.8) is 0 Å². The Morgan fingerprint density at radius 1 is 1.28 bits per heavy atom. The van der Waals surface area contributed by atoms with Gasteiger partial charge in [0.2, 0.25) is 0 Å². The first-order chi connectivity index (χ1) is 8.65. The third kappa shape index (κ3) is 3.73. The maximum absolute atomic E-state index is 6.18. The number of benzene rings is 1. The fourth-order valence-electron chi connectivity index (χ4n) is 1.97. The van der Waals surface area contributed by atoms with Crippen molar-refractivity contribution in [2.45, 2.75) is 17.7 Å². The van der Waals surface area contributed by atoms with E-state index in [1.165, 1.54) is 0 Å². The Hall–Kier alpha value is 0.460. The van der Waals surface area contributed by atoms with Gasteiger partial charge in [-0.1, -0.05) is 23.2 Å². The summed E-state index contributed by atoms with van der Waals surface area (Å²) in [5.74, 6) is 1.90. The van der Waals surface area contributed by atoms with Gasteiger partial charge in [-0.2, -0.15) is 12.6 Å². The van der Waals surface area contributed by atoms with Crippen LogP contribution in [0, 0.1) is 5.41 Å². The van der Waals surface area contributed by atoms with Crippen molar-refractivity contribution in [3.05, 3.63) is 28.2 Å². The van der Waals surface area contributed by atoms with Gasteiger partial charge < -0.3 is 4.74 Å². The second-order valence-corrected chi connectivity index (χ2v) is 6.81. The van der Waals surface area contributed by atoms with Gasteiger partial charge in [-0.3, -0.25) is 0 Å². The molecule has 1 aromatic carbocycles. The summed E-state index contributed by atoms with van der Waals surface area (Å²) in [5.41, 5.74) is 0.262. The van der Waals surface area contributed by atoms with Crippen LogP contribution in [-0.2, 0) is 4.74 Å². The van der Waals surface area contributed by atoms with E-state index in [-0.39, 0.29) is 5.41 Å². The van der Waals surface area contributed by atoms with E-state index in [1.807, 2.05) is 18.2 Å². The van der Waals surface area contributed by atoms with Crippen molar-refractivity contribution in [3.8, 4) is 0 Å². The first kappa shape index (κ1) is 14.9. The molecule has 0 unspecified atom stereocenters. The highest BCUT2D eigenvalue weighted by Crippen LogP contribution is 2.39. The number of rotatable bonds is 4. The van der Waals surface area contributed by atoms with E-state index >= 15 is 0 Å². The van der Waals surface area contributed by atoms with Crippen molar-refractivity contribution in [1.29, 1.82) is 0 Å². The van der Waals surface area contributed by atoms with E-state index in [0.717, 1.165) is 52.5 Å². The maximum Gasteiger partial charge on any atom is 0.0542 e. The van der Waals surface area contributed by atoms with Crippen LogP contribution in [0.3, 0.4) is 0 Å². The summed E-state index contributed by atoms with van der Waals surface area (Å²) in [4.78, 5) is 1.05. The zero-order chi connectivity index (χ0) is 13.0. The molecule has 0 bridgehead atoms. The molecule has 1 fully saturated rings. The zero-order valence-corrected chi connectivity index (χ0v) is 13.2. The first-order valence-corrected chi connectivity index (χ1v) is 8.29. The molecule has 0 amide bonds. The van der Waals surface area contributed by atoms with E-state index in [4.69, 9.17) is 27.9 Å². The molecule has 2 rings (SSSR count).